The van der Waals surface area contributed by atoms with Gasteiger partial charge >= 0.3 is 5.63 Å². The highest BCUT2D eigenvalue weighted by atomic mass is 16.4. The number of benzene rings is 1. The Kier molecular flexibility index (Phi) is 3.33. The Morgan fingerprint density at radius 1 is 1.20 bits per heavy atom. The third kappa shape index (κ3) is 2.47. The molecule has 0 unspecified atom stereocenters. The van der Waals surface area contributed by atoms with Crippen LogP contribution in [0.25, 0.3) is 11.0 Å². The van der Waals surface area contributed by atoms with E-state index in [1.54, 1.807) is 18.2 Å². The summed E-state index contributed by atoms with van der Waals surface area (Å²) < 4.78 is 5.12. The summed E-state index contributed by atoms with van der Waals surface area (Å²) in [6, 6.07) is 8.61. The van der Waals surface area contributed by atoms with E-state index in [9.17, 15) is 9.59 Å². The van der Waals surface area contributed by atoms with Crippen LogP contribution in [0.1, 0.15) is 36.0 Å². The second kappa shape index (κ2) is 5.28. The lowest BCUT2D eigenvalue weighted by Crippen LogP contribution is -2.25. The number of hydrazone groups is 1. The van der Waals surface area contributed by atoms with Crippen molar-refractivity contribution in [3.63, 3.8) is 0 Å². The molecule has 0 spiro atoms. The summed E-state index contributed by atoms with van der Waals surface area (Å²) in [6.07, 6.45) is 4.03. The first-order valence-electron chi connectivity index (χ1n) is 6.63. The van der Waals surface area contributed by atoms with Crippen LogP contribution in [-0.2, 0) is 0 Å². The van der Waals surface area contributed by atoms with E-state index in [4.69, 9.17) is 4.42 Å². The van der Waals surface area contributed by atoms with Crippen LogP contribution < -0.4 is 11.1 Å². The molecule has 0 bridgehead atoms. The molecule has 1 amide bonds. The molecule has 5 heteroatoms. The zero-order valence-electron chi connectivity index (χ0n) is 10.9. The van der Waals surface area contributed by atoms with Crippen molar-refractivity contribution in [2.75, 3.05) is 0 Å². The van der Waals surface area contributed by atoms with Gasteiger partial charge in [0.25, 0.3) is 5.91 Å². The summed E-state index contributed by atoms with van der Waals surface area (Å²) in [7, 11) is 0. The molecule has 2 aromatic rings. The first-order chi connectivity index (χ1) is 9.74. The molecule has 1 saturated carbocycles. The van der Waals surface area contributed by atoms with Gasteiger partial charge in [0.2, 0.25) is 0 Å². The van der Waals surface area contributed by atoms with Gasteiger partial charge in [-0.15, -0.1) is 0 Å². The third-order valence-electron chi connectivity index (χ3n) is 3.38. The van der Waals surface area contributed by atoms with E-state index in [1.165, 1.54) is 6.07 Å². The number of hydrogen-bond acceptors (Lipinski definition) is 4. The van der Waals surface area contributed by atoms with Gasteiger partial charge in [-0.25, -0.2) is 10.2 Å². The Morgan fingerprint density at radius 3 is 2.75 bits per heavy atom. The molecule has 0 aliphatic heterocycles. The highest BCUT2D eigenvalue weighted by Crippen LogP contribution is 2.14. The molecule has 1 aromatic carbocycles. The van der Waals surface area contributed by atoms with Crippen LogP contribution in [0.15, 0.2) is 44.6 Å². The van der Waals surface area contributed by atoms with Crippen molar-refractivity contribution < 1.29 is 9.21 Å². The van der Waals surface area contributed by atoms with Crippen LogP contribution in [0.5, 0.6) is 0 Å². The monoisotopic (exact) mass is 270 g/mol. The van der Waals surface area contributed by atoms with Crippen molar-refractivity contribution >= 4 is 22.6 Å². The summed E-state index contributed by atoms with van der Waals surface area (Å²) in [5.74, 6) is -0.524. The Balaban J connectivity index is 1.89. The maximum Gasteiger partial charge on any atom is 0.349 e. The fourth-order valence-corrected chi connectivity index (χ4v) is 2.31. The van der Waals surface area contributed by atoms with Crippen molar-refractivity contribution in [2.24, 2.45) is 5.10 Å². The Labute approximate surface area is 115 Å². The molecule has 5 nitrogen and oxygen atoms in total. The molecule has 0 radical (unpaired) electrons. The lowest BCUT2D eigenvalue weighted by molar-refractivity contribution is 0.0951. The van der Waals surface area contributed by atoms with Crippen molar-refractivity contribution in [2.45, 2.75) is 25.7 Å². The minimum Gasteiger partial charge on any atom is -0.422 e. The minimum absolute atomic E-state index is 0.0222. The summed E-state index contributed by atoms with van der Waals surface area (Å²) in [6.45, 7) is 0. The Morgan fingerprint density at radius 2 is 1.95 bits per heavy atom. The number of carbonyl (C=O) groups is 1. The molecule has 20 heavy (non-hydrogen) atoms. The minimum atomic E-state index is -0.646. The van der Waals surface area contributed by atoms with Gasteiger partial charge in [-0.1, -0.05) is 18.2 Å². The molecular formula is C15H14N2O3. The van der Waals surface area contributed by atoms with Gasteiger partial charge < -0.3 is 4.42 Å². The third-order valence-corrected chi connectivity index (χ3v) is 3.38. The highest BCUT2D eigenvalue weighted by Gasteiger charge is 2.14. The zero-order chi connectivity index (χ0) is 13.9. The number of hydrogen-bond donors (Lipinski definition) is 1. The molecule has 0 atom stereocenters. The average molecular weight is 270 g/mol. The van der Waals surface area contributed by atoms with Crippen LogP contribution in [0.4, 0.5) is 0 Å². The number of fused-ring (bicyclic) bond motifs is 1. The van der Waals surface area contributed by atoms with Crippen LogP contribution in [0, 0.1) is 0 Å². The number of carbonyl (C=O) groups excluding carboxylic acids is 1. The molecule has 1 heterocycles. The van der Waals surface area contributed by atoms with Gasteiger partial charge in [0.15, 0.2) is 0 Å². The van der Waals surface area contributed by atoms with Crippen LogP contribution in [0.3, 0.4) is 0 Å². The topological polar surface area (TPSA) is 71.7 Å². The Hall–Kier alpha value is -2.43. The summed E-state index contributed by atoms with van der Waals surface area (Å²) in [5.41, 5.74) is 3.21. The maximum atomic E-state index is 12.0. The Bertz CT molecular complexity index is 738. The smallest absolute Gasteiger partial charge is 0.349 e. The lowest BCUT2D eigenvalue weighted by atomic mass is 10.2. The zero-order valence-corrected chi connectivity index (χ0v) is 10.9. The largest absolute Gasteiger partial charge is 0.422 e. The van der Waals surface area contributed by atoms with Gasteiger partial charge in [0, 0.05) is 11.1 Å². The van der Waals surface area contributed by atoms with Crippen molar-refractivity contribution in [1.82, 2.24) is 5.43 Å². The quantitative estimate of drug-likeness (QED) is 0.673. The second-order valence-corrected chi connectivity index (χ2v) is 4.81. The SMILES string of the molecule is O=C(NN=C1CCCC1)c1cc2ccccc2oc1=O. The van der Waals surface area contributed by atoms with Crippen molar-refractivity contribution in [3.8, 4) is 0 Å². The molecule has 1 aliphatic carbocycles. The van der Waals surface area contributed by atoms with Gasteiger partial charge in [0.1, 0.15) is 11.1 Å². The maximum absolute atomic E-state index is 12.0. The number of rotatable bonds is 2. The predicted molar refractivity (Wildman–Crippen MR) is 75.9 cm³/mol. The molecule has 102 valence electrons. The number of amides is 1. The van der Waals surface area contributed by atoms with E-state index in [1.807, 2.05) is 6.07 Å². The van der Waals surface area contributed by atoms with Crippen LogP contribution in [-0.4, -0.2) is 11.6 Å². The number of para-hydroxylation sites is 1. The molecule has 1 N–H and O–H groups in total. The molecule has 1 fully saturated rings. The molecule has 0 saturated heterocycles. The van der Waals surface area contributed by atoms with Crippen molar-refractivity contribution in [1.29, 1.82) is 0 Å². The standard InChI is InChI=1S/C15H14N2O3/c18-14(17-16-11-6-2-3-7-11)12-9-10-5-1-4-8-13(10)20-15(12)19/h1,4-5,8-9H,2-3,6-7H2,(H,17,18). The molecule has 1 aromatic heterocycles. The fraction of sp³-hybridized carbons (Fsp3) is 0.267. The van der Waals surface area contributed by atoms with Gasteiger partial charge in [-0.05, 0) is 37.8 Å². The summed E-state index contributed by atoms with van der Waals surface area (Å²) in [4.78, 5) is 23.8. The van der Waals surface area contributed by atoms with E-state index < -0.39 is 11.5 Å². The molecular weight excluding hydrogens is 256 g/mol. The van der Waals surface area contributed by atoms with Gasteiger partial charge in [-0.3, -0.25) is 4.79 Å². The van der Waals surface area contributed by atoms with Crippen LogP contribution >= 0.6 is 0 Å². The van der Waals surface area contributed by atoms with E-state index in [0.717, 1.165) is 31.4 Å². The van der Waals surface area contributed by atoms with Gasteiger partial charge in [0.05, 0.1) is 0 Å². The van der Waals surface area contributed by atoms with E-state index >= 15 is 0 Å². The van der Waals surface area contributed by atoms with Gasteiger partial charge in [-0.2, -0.15) is 5.10 Å². The first-order valence-corrected chi connectivity index (χ1v) is 6.63. The molecule has 3 rings (SSSR count). The lowest BCUT2D eigenvalue weighted by Gasteiger charge is -2.02. The predicted octanol–water partition coefficient (Wildman–Crippen LogP) is 2.45. The first kappa shape index (κ1) is 12.6. The second-order valence-electron chi connectivity index (χ2n) is 4.81. The van der Waals surface area contributed by atoms with E-state index in [-0.39, 0.29) is 5.56 Å². The number of nitrogens with one attached hydrogen (secondary N) is 1. The number of nitrogens with zero attached hydrogens (tertiary/aromatic N) is 1. The van der Waals surface area contributed by atoms with E-state index in [0.29, 0.717) is 11.0 Å². The summed E-state index contributed by atoms with van der Waals surface area (Å²) in [5, 5.41) is 4.77. The fourth-order valence-electron chi connectivity index (χ4n) is 2.31. The summed E-state index contributed by atoms with van der Waals surface area (Å²) >= 11 is 0. The normalized spacial score (nSPS) is 14.5. The molecule has 1 aliphatic rings. The average Bonchev–Trinajstić information content (AvgIpc) is 2.97. The van der Waals surface area contributed by atoms with E-state index in [2.05, 4.69) is 10.5 Å². The van der Waals surface area contributed by atoms with Crippen molar-refractivity contribution in [3.05, 3.63) is 46.3 Å². The highest BCUT2D eigenvalue weighted by molar-refractivity contribution is 5.97. The van der Waals surface area contributed by atoms with Crippen LogP contribution in [0.2, 0.25) is 0 Å².